The summed E-state index contributed by atoms with van der Waals surface area (Å²) in [5, 5.41) is 4.31. The molecule has 2 N–H and O–H groups in total. The largest absolute Gasteiger partial charge is 0.491 e. The first-order chi connectivity index (χ1) is 12.1. The molecule has 0 aromatic carbocycles. The molecular formula is C19H25N5O. The van der Waals surface area contributed by atoms with Crippen LogP contribution in [0.4, 0.5) is 0 Å². The van der Waals surface area contributed by atoms with Crippen LogP contribution in [0.3, 0.4) is 0 Å². The quantitative estimate of drug-likeness (QED) is 0.715. The highest BCUT2D eigenvalue weighted by Crippen LogP contribution is 2.24. The van der Waals surface area contributed by atoms with Gasteiger partial charge in [0.2, 0.25) is 0 Å². The first-order valence-corrected chi connectivity index (χ1v) is 8.68. The van der Waals surface area contributed by atoms with Gasteiger partial charge in [0.1, 0.15) is 5.75 Å². The SMILES string of the molecule is Cc1nc(-c2ccnc3ccnn23)ccc1OCC(C)CC(C)CN. The molecule has 2 unspecified atom stereocenters. The number of pyridine rings is 1. The van der Waals surface area contributed by atoms with Crippen LogP contribution < -0.4 is 10.5 Å². The maximum atomic E-state index is 5.97. The maximum absolute atomic E-state index is 5.97. The first kappa shape index (κ1) is 17.4. The fourth-order valence-corrected chi connectivity index (χ4v) is 2.96. The molecule has 3 aromatic rings. The Labute approximate surface area is 148 Å². The van der Waals surface area contributed by atoms with E-state index in [-0.39, 0.29) is 0 Å². The van der Waals surface area contributed by atoms with Crippen LogP contribution in [0, 0.1) is 18.8 Å². The average Bonchev–Trinajstić information content (AvgIpc) is 3.09. The molecule has 0 radical (unpaired) electrons. The molecular weight excluding hydrogens is 314 g/mol. The van der Waals surface area contributed by atoms with Crippen LogP contribution in [0.5, 0.6) is 5.75 Å². The van der Waals surface area contributed by atoms with Gasteiger partial charge < -0.3 is 10.5 Å². The second kappa shape index (κ2) is 7.61. The number of ether oxygens (including phenoxy) is 1. The van der Waals surface area contributed by atoms with Crippen LogP contribution in [0.15, 0.2) is 36.7 Å². The zero-order valence-corrected chi connectivity index (χ0v) is 15.0. The van der Waals surface area contributed by atoms with Crippen LogP contribution in [0.2, 0.25) is 0 Å². The lowest BCUT2D eigenvalue weighted by atomic mass is 9.98. The van der Waals surface area contributed by atoms with Gasteiger partial charge in [-0.1, -0.05) is 13.8 Å². The monoisotopic (exact) mass is 339 g/mol. The van der Waals surface area contributed by atoms with E-state index >= 15 is 0 Å². The topological polar surface area (TPSA) is 78.3 Å². The van der Waals surface area contributed by atoms with Crippen molar-refractivity contribution < 1.29 is 4.74 Å². The number of nitrogens with two attached hydrogens (primary N) is 1. The predicted octanol–water partition coefficient (Wildman–Crippen LogP) is 3.10. The Hall–Kier alpha value is -2.47. The molecule has 3 aromatic heterocycles. The molecule has 132 valence electrons. The van der Waals surface area contributed by atoms with Gasteiger partial charge in [-0.3, -0.25) is 0 Å². The van der Waals surface area contributed by atoms with Gasteiger partial charge in [0, 0.05) is 12.3 Å². The summed E-state index contributed by atoms with van der Waals surface area (Å²) in [5.41, 5.74) is 9.13. The van der Waals surface area contributed by atoms with Crippen molar-refractivity contribution in [2.45, 2.75) is 27.2 Å². The number of aromatic nitrogens is 4. The predicted molar refractivity (Wildman–Crippen MR) is 98.4 cm³/mol. The van der Waals surface area contributed by atoms with Crippen molar-refractivity contribution in [1.82, 2.24) is 19.6 Å². The van der Waals surface area contributed by atoms with Gasteiger partial charge in [-0.25, -0.2) is 14.5 Å². The van der Waals surface area contributed by atoms with Gasteiger partial charge in [-0.2, -0.15) is 5.10 Å². The van der Waals surface area contributed by atoms with Crippen LogP contribution in [-0.4, -0.2) is 32.7 Å². The Balaban J connectivity index is 1.74. The Morgan fingerprint density at radius 1 is 1.12 bits per heavy atom. The zero-order chi connectivity index (χ0) is 17.8. The number of hydrogen-bond donors (Lipinski definition) is 1. The summed E-state index contributed by atoms with van der Waals surface area (Å²) in [7, 11) is 0. The van der Waals surface area contributed by atoms with Gasteiger partial charge in [0.25, 0.3) is 0 Å². The molecule has 0 spiro atoms. The van der Waals surface area contributed by atoms with E-state index in [0.29, 0.717) is 25.0 Å². The van der Waals surface area contributed by atoms with Crippen molar-refractivity contribution in [2.75, 3.05) is 13.2 Å². The molecule has 25 heavy (non-hydrogen) atoms. The third kappa shape index (κ3) is 3.96. The summed E-state index contributed by atoms with van der Waals surface area (Å²) in [6, 6.07) is 7.73. The molecule has 0 fully saturated rings. The van der Waals surface area contributed by atoms with E-state index in [1.807, 2.05) is 31.2 Å². The molecule has 0 aliphatic carbocycles. The third-order valence-electron chi connectivity index (χ3n) is 4.32. The minimum atomic E-state index is 0.460. The Morgan fingerprint density at radius 3 is 2.72 bits per heavy atom. The minimum Gasteiger partial charge on any atom is -0.491 e. The lowest BCUT2D eigenvalue weighted by molar-refractivity contribution is 0.235. The van der Waals surface area contributed by atoms with E-state index < -0.39 is 0 Å². The number of nitrogens with zero attached hydrogens (tertiary/aromatic N) is 4. The normalized spacial score (nSPS) is 13.8. The van der Waals surface area contributed by atoms with Crippen LogP contribution in [0.1, 0.15) is 26.0 Å². The second-order valence-electron chi connectivity index (χ2n) is 6.70. The van der Waals surface area contributed by atoms with Crippen molar-refractivity contribution in [3.8, 4) is 17.1 Å². The molecule has 0 bridgehead atoms. The summed E-state index contributed by atoms with van der Waals surface area (Å²) in [5.74, 6) is 1.80. The molecule has 3 heterocycles. The molecule has 0 saturated heterocycles. The highest BCUT2D eigenvalue weighted by molar-refractivity contribution is 5.59. The first-order valence-electron chi connectivity index (χ1n) is 8.68. The lowest BCUT2D eigenvalue weighted by Crippen LogP contribution is -2.18. The smallest absolute Gasteiger partial charge is 0.155 e. The maximum Gasteiger partial charge on any atom is 0.155 e. The van der Waals surface area contributed by atoms with Crippen LogP contribution in [0.25, 0.3) is 17.0 Å². The summed E-state index contributed by atoms with van der Waals surface area (Å²) in [6.07, 6.45) is 4.57. The minimum absolute atomic E-state index is 0.460. The molecule has 2 atom stereocenters. The number of aryl methyl sites for hydroxylation is 1. The van der Waals surface area contributed by atoms with Crippen molar-refractivity contribution >= 4 is 5.65 Å². The summed E-state index contributed by atoms with van der Waals surface area (Å²) in [6.45, 7) is 7.71. The Bertz CT molecular complexity index is 845. The van der Waals surface area contributed by atoms with E-state index in [2.05, 4.69) is 23.9 Å². The van der Waals surface area contributed by atoms with E-state index in [0.717, 1.165) is 34.9 Å². The van der Waals surface area contributed by atoms with Crippen molar-refractivity contribution in [2.24, 2.45) is 17.6 Å². The van der Waals surface area contributed by atoms with Gasteiger partial charge in [0.15, 0.2) is 5.65 Å². The van der Waals surface area contributed by atoms with Crippen molar-refractivity contribution in [3.05, 3.63) is 42.4 Å². The molecule has 6 nitrogen and oxygen atoms in total. The van der Waals surface area contributed by atoms with E-state index in [1.54, 1.807) is 16.9 Å². The molecule has 0 saturated carbocycles. The van der Waals surface area contributed by atoms with Crippen molar-refractivity contribution in [3.63, 3.8) is 0 Å². The molecule has 0 aliphatic rings. The highest BCUT2D eigenvalue weighted by atomic mass is 16.5. The van der Waals surface area contributed by atoms with Gasteiger partial charge in [-0.05, 0) is 49.9 Å². The van der Waals surface area contributed by atoms with Crippen molar-refractivity contribution in [1.29, 1.82) is 0 Å². The van der Waals surface area contributed by atoms with E-state index in [4.69, 9.17) is 15.5 Å². The van der Waals surface area contributed by atoms with Crippen LogP contribution in [-0.2, 0) is 0 Å². The van der Waals surface area contributed by atoms with Crippen LogP contribution >= 0.6 is 0 Å². The standard InChI is InChI=1S/C19H25N5O/c1-13(11-20)10-14(2)12-25-18-5-4-16(23-15(18)3)17-6-8-21-19-7-9-22-24(17)19/h4-9,13-14H,10-12,20H2,1-3H3. The average molecular weight is 339 g/mol. The van der Waals surface area contributed by atoms with E-state index in [1.165, 1.54) is 0 Å². The van der Waals surface area contributed by atoms with Gasteiger partial charge in [-0.15, -0.1) is 0 Å². The van der Waals surface area contributed by atoms with Gasteiger partial charge >= 0.3 is 0 Å². The molecule has 6 heteroatoms. The van der Waals surface area contributed by atoms with E-state index in [9.17, 15) is 0 Å². The molecule has 0 amide bonds. The lowest BCUT2D eigenvalue weighted by Gasteiger charge is -2.17. The Kier molecular flexibility index (Phi) is 5.28. The second-order valence-corrected chi connectivity index (χ2v) is 6.70. The highest BCUT2D eigenvalue weighted by Gasteiger charge is 2.12. The Morgan fingerprint density at radius 2 is 1.96 bits per heavy atom. The fraction of sp³-hybridized carbons (Fsp3) is 0.421. The number of rotatable bonds is 7. The molecule has 3 rings (SSSR count). The molecule has 0 aliphatic heterocycles. The van der Waals surface area contributed by atoms with Gasteiger partial charge in [0.05, 0.1) is 29.9 Å². The summed E-state index contributed by atoms with van der Waals surface area (Å²) < 4.78 is 7.76. The number of fused-ring (bicyclic) bond motifs is 1. The third-order valence-corrected chi connectivity index (χ3v) is 4.32. The summed E-state index contributed by atoms with van der Waals surface area (Å²) >= 11 is 0. The zero-order valence-electron chi connectivity index (χ0n) is 15.0. The number of hydrogen-bond acceptors (Lipinski definition) is 5. The fourth-order valence-electron chi connectivity index (χ4n) is 2.96. The summed E-state index contributed by atoms with van der Waals surface area (Å²) in [4.78, 5) is 8.98.